The van der Waals surface area contributed by atoms with Gasteiger partial charge in [-0.15, -0.1) is 11.3 Å². The highest BCUT2D eigenvalue weighted by molar-refractivity contribution is 7.26. The first-order valence-corrected chi connectivity index (χ1v) is 19.7. The van der Waals surface area contributed by atoms with Gasteiger partial charge >= 0.3 is 0 Å². The quantitative estimate of drug-likeness (QED) is 0.182. The van der Waals surface area contributed by atoms with Crippen molar-refractivity contribution in [1.29, 1.82) is 0 Å². The molecule has 0 saturated heterocycles. The Kier molecular flexibility index (Phi) is 6.27. The lowest BCUT2D eigenvalue weighted by Gasteiger charge is -2.22. The number of nitrogens with zero attached hydrogens (tertiary/aromatic N) is 3. The van der Waals surface area contributed by atoms with Gasteiger partial charge in [0.05, 0.1) is 22.2 Å². The molecule has 0 atom stereocenters. The normalized spacial score (nSPS) is 13.4. The summed E-state index contributed by atoms with van der Waals surface area (Å²) in [6, 6.07) is 59.8. The van der Waals surface area contributed by atoms with Gasteiger partial charge in [0, 0.05) is 47.3 Å². The molecule has 0 bridgehead atoms. The predicted molar refractivity (Wildman–Crippen MR) is 233 cm³/mol. The highest BCUT2D eigenvalue weighted by Crippen LogP contribution is 2.50. The van der Waals surface area contributed by atoms with Crippen molar-refractivity contribution in [3.63, 3.8) is 0 Å². The maximum Gasteiger partial charge on any atom is 0.235 e. The van der Waals surface area contributed by atoms with E-state index in [2.05, 4.69) is 182 Å². The fourth-order valence-electron chi connectivity index (χ4n) is 9.38. The summed E-state index contributed by atoms with van der Waals surface area (Å²) in [7, 11) is 0. The Hall–Kier alpha value is -6.62. The van der Waals surface area contributed by atoms with Crippen molar-refractivity contribution in [2.75, 3.05) is 0 Å². The van der Waals surface area contributed by atoms with Crippen LogP contribution in [0.2, 0.25) is 0 Å². The lowest BCUT2D eigenvalue weighted by molar-refractivity contribution is 0.660. The Labute approximate surface area is 321 Å². The number of hydrogen-bond acceptors (Lipinski definition) is 3. The molecular formula is C51H33N3S. The Balaban J connectivity index is 1.09. The molecule has 0 fully saturated rings. The first-order chi connectivity index (χ1) is 27.0. The van der Waals surface area contributed by atoms with Gasteiger partial charge in [0.15, 0.2) is 0 Å². The van der Waals surface area contributed by atoms with Crippen molar-refractivity contribution >= 4 is 75.0 Å². The van der Waals surface area contributed by atoms with E-state index in [0.29, 0.717) is 5.95 Å². The molecule has 0 unspecified atom stereocenters. The number of benzene rings is 8. The SMILES string of the molecule is CC1(C)c2ccccc2-c2ccc(-c3nc(-n4c5ccccc5c5c6cc(-c7cccc8c7sc7ccccc78)ccc6ccc54)nc4ccccc34)cc21. The molecule has 1 aliphatic carbocycles. The summed E-state index contributed by atoms with van der Waals surface area (Å²) in [5, 5.41) is 8.53. The van der Waals surface area contributed by atoms with Crippen LogP contribution in [-0.2, 0) is 5.41 Å². The summed E-state index contributed by atoms with van der Waals surface area (Å²) in [5.74, 6) is 0.675. The third-order valence-electron chi connectivity index (χ3n) is 12.0. The van der Waals surface area contributed by atoms with E-state index in [1.54, 1.807) is 0 Å². The van der Waals surface area contributed by atoms with E-state index in [4.69, 9.17) is 9.97 Å². The van der Waals surface area contributed by atoms with Crippen molar-refractivity contribution in [3.8, 4) is 39.5 Å². The van der Waals surface area contributed by atoms with Crippen molar-refractivity contribution in [1.82, 2.24) is 14.5 Å². The van der Waals surface area contributed by atoms with E-state index in [9.17, 15) is 0 Å². The van der Waals surface area contributed by atoms with Crippen LogP contribution in [0, 0.1) is 0 Å². The van der Waals surface area contributed by atoms with Crippen molar-refractivity contribution < 1.29 is 0 Å². The maximum atomic E-state index is 5.49. The summed E-state index contributed by atoms with van der Waals surface area (Å²) in [5.41, 5.74) is 12.9. The van der Waals surface area contributed by atoms with Gasteiger partial charge in [0.1, 0.15) is 0 Å². The molecule has 11 aromatic rings. The number of rotatable bonds is 3. The van der Waals surface area contributed by atoms with Crippen molar-refractivity contribution in [2.45, 2.75) is 19.3 Å². The van der Waals surface area contributed by atoms with Gasteiger partial charge in [-0.3, -0.25) is 4.57 Å². The topological polar surface area (TPSA) is 30.7 Å². The van der Waals surface area contributed by atoms with E-state index in [1.165, 1.54) is 75.1 Å². The van der Waals surface area contributed by atoms with Crippen LogP contribution in [0.3, 0.4) is 0 Å². The highest BCUT2D eigenvalue weighted by Gasteiger charge is 2.35. The number of thiophene rings is 1. The zero-order chi connectivity index (χ0) is 36.4. The van der Waals surface area contributed by atoms with Gasteiger partial charge in [-0.05, 0) is 80.6 Å². The summed E-state index contributed by atoms with van der Waals surface area (Å²) < 4.78 is 4.92. The zero-order valence-electron chi connectivity index (χ0n) is 30.3. The summed E-state index contributed by atoms with van der Waals surface area (Å²) in [6.07, 6.45) is 0. The monoisotopic (exact) mass is 719 g/mol. The minimum Gasteiger partial charge on any atom is -0.278 e. The van der Waals surface area contributed by atoms with E-state index in [0.717, 1.165) is 33.2 Å². The van der Waals surface area contributed by atoms with Crippen LogP contribution in [-0.4, -0.2) is 14.5 Å². The van der Waals surface area contributed by atoms with E-state index < -0.39 is 0 Å². The number of fused-ring (bicyclic) bond motifs is 12. The first-order valence-electron chi connectivity index (χ1n) is 18.9. The molecule has 55 heavy (non-hydrogen) atoms. The molecule has 0 saturated carbocycles. The fourth-order valence-corrected chi connectivity index (χ4v) is 10.6. The van der Waals surface area contributed by atoms with Crippen LogP contribution in [0.1, 0.15) is 25.0 Å². The van der Waals surface area contributed by atoms with Crippen LogP contribution < -0.4 is 0 Å². The highest BCUT2D eigenvalue weighted by atomic mass is 32.1. The average Bonchev–Trinajstić information content (AvgIpc) is 3.86. The summed E-state index contributed by atoms with van der Waals surface area (Å²) in [6.45, 7) is 4.67. The van der Waals surface area contributed by atoms with Crippen LogP contribution in [0.5, 0.6) is 0 Å². The molecule has 8 aromatic carbocycles. The Bertz CT molecular complexity index is 3420. The number of para-hydroxylation sites is 2. The van der Waals surface area contributed by atoms with E-state index in [-0.39, 0.29) is 5.41 Å². The molecule has 0 radical (unpaired) electrons. The second-order valence-electron chi connectivity index (χ2n) is 15.3. The molecule has 3 nitrogen and oxygen atoms in total. The average molecular weight is 720 g/mol. The Morgan fingerprint density at radius 3 is 2.13 bits per heavy atom. The zero-order valence-corrected chi connectivity index (χ0v) is 31.2. The lowest BCUT2D eigenvalue weighted by atomic mass is 9.82. The van der Waals surface area contributed by atoms with Crippen molar-refractivity contribution in [2.24, 2.45) is 0 Å². The number of aromatic nitrogens is 3. The molecule has 3 aromatic heterocycles. The third-order valence-corrected chi connectivity index (χ3v) is 13.2. The van der Waals surface area contributed by atoms with Gasteiger partial charge in [-0.1, -0.05) is 141 Å². The second kappa shape index (κ2) is 11.2. The van der Waals surface area contributed by atoms with Gasteiger partial charge in [-0.2, -0.15) is 0 Å². The molecule has 12 rings (SSSR count). The Morgan fingerprint density at radius 1 is 0.491 bits per heavy atom. The van der Waals surface area contributed by atoms with Gasteiger partial charge in [0.25, 0.3) is 0 Å². The minimum absolute atomic E-state index is 0.108. The van der Waals surface area contributed by atoms with Gasteiger partial charge < -0.3 is 0 Å². The largest absolute Gasteiger partial charge is 0.278 e. The Morgan fingerprint density at radius 2 is 1.20 bits per heavy atom. The smallest absolute Gasteiger partial charge is 0.235 e. The molecule has 258 valence electrons. The summed E-state index contributed by atoms with van der Waals surface area (Å²) >= 11 is 1.88. The van der Waals surface area contributed by atoms with Crippen LogP contribution >= 0.6 is 11.3 Å². The van der Waals surface area contributed by atoms with E-state index in [1.807, 2.05) is 11.3 Å². The molecule has 4 heteroatoms. The molecule has 0 amide bonds. The summed E-state index contributed by atoms with van der Waals surface area (Å²) in [4.78, 5) is 10.8. The third kappa shape index (κ3) is 4.31. The molecule has 0 aliphatic heterocycles. The fraction of sp³-hybridized carbons (Fsp3) is 0.0588. The predicted octanol–water partition coefficient (Wildman–Crippen LogP) is 13.9. The standard InChI is InChI=1S/C51H33N3S/c1-51(2)41-18-7-3-12-34(41)35-26-24-32(29-42(35)51)48-38-14-4-8-19-43(38)52-50(53-48)54-44-20-9-5-15-39(44)47-40-28-31(23-22-30(40)25-27-45(47)54)33-16-11-17-37-36-13-6-10-21-46(36)55-49(33)37/h3-29H,1-2H3. The second-order valence-corrected chi connectivity index (χ2v) is 16.4. The minimum atomic E-state index is -0.108. The molecule has 0 N–H and O–H groups in total. The maximum absolute atomic E-state index is 5.49. The van der Waals surface area contributed by atoms with Crippen LogP contribution in [0.15, 0.2) is 164 Å². The van der Waals surface area contributed by atoms with Crippen LogP contribution in [0.25, 0.3) is 103 Å². The van der Waals surface area contributed by atoms with Gasteiger partial charge in [-0.25, -0.2) is 9.97 Å². The van der Waals surface area contributed by atoms with Gasteiger partial charge in [0.2, 0.25) is 5.95 Å². The van der Waals surface area contributed by atoms with Crippen LogP contribution in [0.4, 0.5) is 0 Å². The first kappa shape index (κ1) is 30.8. The molecule has 0 spiro atoms. The number of hydrogen-bond donors (Lipinski definition) is 0. The molecular weight excluding hydrogens is 687 g/mol. The molecule has 3 heterocycles. The van der Waals surface area contributed by atoms with Crippen molar-refractivity contribution in [3.05, 3.63) is 175 Å². The van der Waals surface area contributed by atoms with E-state index >= 15 is 0 Å². The molecule has 1 aliphatic rings. The lowest BCUT2D eigenvalue weighted by Crippen LogP contribution is -2.15.